The molecule has 3 nitrogen and oxygen atoms in total. The molecule has 0 unspecified atom stereocenters. The predicted octanol–water partition coefficient (Wildman–Crippen LogP) is 2.61. The first-order valence-corrected chi connectivity index (χ1v) is 5.91. The quantitative estimate of drug-likeness (QED) is 0.840. The largest absolute Gasteiger partial charge is 0.465 e. The number of halogens is 3. The van der Waals surface area contributed by atoms with Gasteiger partial charge in [-0.1, -0.05) is 37.3 Å². The number of carbonyl (C=O) groups excluding carboxylic acids is 1. The van der Waals surface area contributed by atoms with E-state index in [9.17, 15) is 18.0 Å². The molecule has 0 heterocycles. The van der Waals surface area contributed by atoms with Gasteiger partial charge in [0.1, 0.15) is 12.0 Å². The van der Waals surface area contributed by atoms with Crippen molar-refractivity contribution in [1.29, 1.82) is 0 Å². The highest BCUT2D eigenvalue weighted by molar-refractivity contribution is 5.79. The van der Waals surface area contributed by atoms with Crippen LogP contribution in [0, 0.1) is 0 Å². The highest BCUT2D eigenvalue weighted by atomic mass is 19.4. The predicted molar refractivity (Wildman–Crippen MR) is 64.5 cm³/mol. The van der Waals surface area contributed by atoms with E-state index in [0.717, 1.165) is 0 Å². The van der Waals surface area contributed by atoms with Crippen LogP contribution in [-0.2, 0) is 9.53 Å². The molecule has 0 bridgehead atoms. The molecular weight excluding hydrogens is 259 g/mol. The minimum atomic E-state index is -4.66. The molecule has 0 saturated heterocycles. The van der Waals surface area contributed by atoms with Crippen LogP contribution in [0.25, 0.3) is 0 Å². The molecule has 0 aliphatic carbocycles. The van der Waals surface area contributed by atoms with Crippen LogP contribution in [0.3, 0.4) is 0 Å². The third kappa shape index (κ3) is 4.24. The number of carbonyl (C=O) groups is 1. The maximum atomic E-state index is 12.7. The maximum Gasteiger partial charge on any atom is 0.404 e. The van der Waals surface area contributed by atoms with Crippen molar-refractivity contribution >= 4 is 5.97 Å². The molecule has 2 atom stereocenters. The van der Waals surface area contributed by atoms with Gasteiger partial charge in [-0.25, -0.2) is 0 Å². The Hall–Kier alpha value is -1.56. The monoisotopic (exact) mass is 275 g/mol. The molecule has 1 aromatic carbocycles. The van der Waals surface area contributed by atoms with E-state index in [1.54, 1.807) is 25.1 Å². The average molecular weight is 275 g/mol. The van der Waals surface area contributed by atoms with E-state index in [2.05, 4.69) is 0 Å². The van der Waals surface area contributed by atoms with Crippen molar-refractivity contribution in [3.05, 3.63) is 35.9 Å². The van der Waals surface area contributed by atoms with Gasteiger partial charge in [-0.2, -0.15) is 13.2 Å². The molecule has 0 fully saturated rings. The first-order valence-electron chi connectivity index (χ1n) is 5.91. The van der Waals surface area contributed by atoms with Gasteiger partial charge >= 0.3 is 12.1 Å². The molecule has 106 valence electrons. The summed E-state index contributed by atoms with van der Waals surface area (Å²) in [7, 11) is 0. The number of nitrogens with two attached hydrogens (primary N) is 1. The minimum absolute atomic E-state index is 0.0761. The lowest BCUT2D eigenvalue weighted by Gasteiger charge is -2.24. The lowest BCUT2D eigenvalue weighted by Crippen LogP contribution is -2.46. The number of alkyl halides is 3. The smallest absolute Gasteiger partial charge is 0.404 e. The number of hydrogen-bond acceptors (Lipinski definition) is 3. The van der Waals surface area contributed by atoms with Crippen molar-refractivity contribution in [2.45, 2.75) is 31.5 Å². The highest BCUT2D eigenvalue weighted by Gasteiger charge is 2.46. The number of ether oxygens (including phenoxy) is 1. The Kier molecular flexibility index (Phi) is 5.35. The van der Waals surface area contributed by atoms with E-state index in [0.29, 0.717) is 6.42 Å². The summed E-state index contributed by atoms with van der Waals surface area (Å²) < 4.78 is 43.0. The fourth-order valence-corrected chi connectivity index (χ4v) is 1.63. The summed E-state index contributed by atoms with van der Waals surface area (Å²) in [6.07, 6.45) is -4.12. The van der Waals surface area contributed by atoms with Crippen LogP contribution in [0.5, 0.6) is 0 Å². The van der Waals surface area contributed by atoms with E-state index in [1.807, 2.05) is 0 Å². The first-order chi connectivity index (χ1) is 8.88. The van der Waals surface area contributed by atoms with Gasteiger partial charge in [0.25, 0.3) is 0 Å². The van der Waals surface area contributed by atoms with E-state index in [4.69, 9.17) is 10.5 Å². The maximum absolute atomic E-state index is 12.7. The number of esters is 1. The summed E-state index contributed by atoms with van der Waals surface area (Å²) >= 11 is 0. The number of rotatable bonds is 5. The van der Waals surface area contributed by atoms with Crippen molar-refractivity contribution in [1.82, 2.24) is 0 Å². The SMILES string of the molecule is CCCOC(=O)[C@H](c1ccccc1)[C@@H](N)C(F)(F)F. The van der Waals surface area contributed by atoms with Crippen LogP contribution < -0.4 is 5.73 Å². The van der Waals surface area contributed by atoms with Crippen LogP contribution in [0.15, 0.2) is 30.3 Å². The van der Waals surface area contributed by atoms with Crippen molar-refractivity contribution in [2.75, 3.05) is 6.61 Å². The van der Waals surface area contributed by atoms with Gasteiger partial charge < -0.3 is 10.5 Å². The lowest BCUT2D eigenvalue weighted by molar-refractivity contribution is -0.169. The van der Waals surface area contributed by atoms with Gasteiger partial charge in [-0.3, -0.25) is 4.79 Å². The zero-order valence-electron chi connectivity index (χ0n) is 10.5. The summed E-state index contributed by atoms with van der Waals surface area (Å²) in [6, 6.07) is 5.35. The second kappa shape index (κ2) is 6.56. The summed E-state index contributed by atoms with van der Waals surface area (Å²) in [4.78, 5) is 11.8. The molecule has 0 aliphatic rings. The van der Waals surface area contributed by atoms with Gasteiger partial charge in [-0.15, -0.1) is 0 Å². The van der Waals surface area contributed by atoms with Crippen LogP contribution in [0.1, 0.15) is 24.8 Å². The summed E-state index contributed by atoms with van der Waals surface area (Å²) in [5.41, 5.74) is 5.38. The van der Waals surface area contributed by atoms with Crippen molar-refractivity contribution < 1.29 is 22.7 Å². The molecule has 0 saturated carbocycles. The molecule has 0 aromatic heterocycles. The van der Waals surface area contributed by atoms with E-state index in [1.165, 1.54) is 12.1 Å². The van der Waals surface area contributed by atoms with Gasteiger partial charge in [0, 0.05) is 0 Å². The second-order valence-electron chi connectivity index (χ2n) is 4.12. The van der Waals surface area contributed by atoms with Gasteiger partial charge in [0.15, 0.2) is 0 Å². The molecule has 2 N–H and O–H groups in total. The van der Waals surface area contributed by atoms with Crippen LogP contribution in [0.2, 0.25) is 0 Å². The second-order valence-corrected chi connectivity index (χ2v) is 4.12. The van der Waals surface area contributed by atoms with Crippen molar-refractivity contribution in [3.63, 3.8) is 0 Å². The molecule has 0 aliphatic heterocycles. The Morgan fingerprint density at radius 2 is 1.89 bits per heavy atom. The molecular formula is C13H16F3NO2. The molecule has 0 radical (unpaired) electrons. The van der Waals surface area contributed by atoms with E-state index in [-0.39, 0.29) is 12.2 Å². The Bertz CT molecular complexity index is 406. The molecule has 0 spiro atoms. The standard InChI is InChI=1S/C13H16F3NO2/c1-2-8-19-12(18)10(11(17)13(14,15)16)9-6-4-3-5-7-9/h3-7,10-11H,2,8,17H2,1H3/t10-,11-/m1/s1. The molecule has 0 amide bonds. The van der Waals surface area contributed by atoms with E-state index < -0.39 is 24.1 Å². The third-order valence-electron chi connectivity index (χ3n) is 2.60. The first kappa shape index (κ1) is 15.5. The Morgan fingerprint density at radius 3 is 2.37 bits per heavy atom. The Labute approximate surface area is 109 Å². The summed E-state index contributed by atoms with van der Waals surface area (Å²) in [6.45, 7) is 1.83. The van der Waals surface area contributed by atoms with Gasteiger partial charge in [-0.05, 0) is 12.0 Å². The lowest BCUT2D eigenvalue weighted by atomic mass is 9.91. The van der Waals surface area contributed by atoms with Crippen LogP contribution in [-0.4, -0.2) is 24.8 Å². The Morgan fingerprint density at radius 1 is 1.32 bits per heavy atom. The fraction of sp³-hybridized carbons (Fsp3) is 0.462. The van der Waals surface area contributed by atoms with Gasteiger partial charge in [0.05, 0.1) is 6.61 Å². The van der Waals surface area contributed by atoms with Crippen LogP contribution >= 0.6 is 0 Å². The summed E-state index contributed by atoms with van der Waals surface area (Å²) in [5, 5.41) is 0. The third-order valence-corrected chi connectivity index (χ3v) is 2.60. The number of hydrogen-bond donors (Lipinski definition) is 1. The normalized spacial score (nSPS) is 14.8. The minimum Gasteiger partial charge on any atom is -0.465 e. The number of benzene rings is 1. The molecule has 1 rings (SSSR count). The van der Waals surface area contributed by atoms with E-state index >= 15 is 0 Å². The fourth-order valence-electron chi connectivity index (χ4n) is 1.63. The Balaban J connectivity index is 3.01. The topological polar surface area (TPSA) is 52.3 Å². The zero-order chi connectivity index (χ0) is 14.5. The van der Waals surface area contributed by atoms with Crippen LogP contribution in [0.4, 0.5) is 13.2 Å². The van der Waals surface area contributed by atoms with Crippen molar-refractivity contribution in [2.24, 2.45) is 5.73 Å². The average Bonchev–Trinajstić information content (AvgIpc) is 2.36. The summed E-state index contributed by atoms with van der Waals surface area (Å²) in [5.74, 6) is -2.48. The molecule has 19 heavy (non-hydrogen) atoms. The molecule has 6 heteroatoms. The van der Waals surface area contributed by atoms with Crippen molar-refractivity contribution in [3.8, 4) is 0 Å². The highest BCUT2D eigenvalue weighted by Crippen LogP contribution is 2.31. The van der Waals surface area contributed by atoms with Gasteiger partial charge in [0.2, 0.25) is 0 Å². The molecule has 1 aromatic rings. The zero-order valence-corrected chi connectivity index (χ0v) is 10.5.